The minimum atomic E-state index is -0.546. The molecule has 9 heteroatoms. The third kappa shape index (κ3) is 4.65. The van der Waals surface area contributed by atoms with Crippen LogP contribution in [-0.4, -0.2) is 39.9 Å². The molecule has 26 heavy (non-hydrogen) atoms. The number of nitro groups is 1. The first-order valence-corrected chi connectivity index (χ1v) is 8.23. The molecule has 0 aliphatic rings. The zero-order valence-electron chi connectivity index (χ0n) is 14.6. The van der Waals surface area contributed by atoms with Crippen molar-refractivity contribution in [3.63, 3.8) is 0 Å². The van der Waals surface area contributed by atoms with Crippen LogP contribution >= 0.6 is 0 Å². The quantitative estimate of drug-likeness (QED) is 0.570. The Labute approximate surface area is 150 Å². The summed E-state index contributed by atoms with van der Waals surface area (Å²) in [6.07, 6.45) is 0.692. The van der Waals surface area contributed by atoms with Crippen LogP contribution in [0.4, 0.5) is 5.69 Å². The number of aromatic nitrogens is 1. The summed E-state index contributed by atoms with van der Waals surface area (Å²) in [5.74, 6) is -0.348. The fraction of sp³-hybridized carbons (Fsp3) is 0.353. The van der Waals surface area contributed by atoms with Crippen molar-refractivity contribution in [3.8, 4) is 0 Å². The van der Waals surface area contributed by atoms with Crippen LogP contribution in [0.5, 0.6) is 0 Å². The van der Waals surface area contributed by atoms with Gasteiger partial charge >= 0.3 is 0 Å². The molecule has 2 amide bonds. The van der Waals surface area contributed by atoms with Crippen LogP contribution < -0.4 is 5.32 Å². The number of nitro benzene ring substituents is 1. The number of carbonyl (C=O) groups excluding carboxylic acids is 2. The van der Waals surface area contributed by atoms with E-state index >= 15 is 0 Å². The molecule has 1 aromatic carbocycles. The second-order valence-electron chi connectivity index (χ2n) is 5.57. The Hall–Kier alpha value is -3.23. The van der Waals surface area contributed by atoms with E-state index in [1.165, 1.54) is 35.2 Å². The van der Waals surface area contributed by atoms with Crippen molar-refractivity contribution in [2.24, 2.45) is 0 Å². The Morgan fingerprint density at radius 2 is 2.08 bits per heavy atom. The van der Waals surface area contributed by atoms with Crippen LogP contribution in [0.1, 0.15) is 46.9 Å². The van der Waals surface area contributed by atoms with Gasteiger partial charge in [0.25, 0.3) is 17.5 Å². The van der Waals surface area contributed by atoms with Gasteiger partial charge in [-0.1, -0.05) is 18.1 Å². The summed E-state index contributed by atoms with van der Waals surface area (Å²) >= 11 is 0. The lowest BCUT2D eigenvalue weighted by Gasteiger charge is -2.20. The molecule has 2 aromatic rings. The van der Waals surface area contributed by atoms with E-state index in [0.717, 1.165) is 0 Å². The average molecular weight is 360 g/mol. The SMILES string of the molecule is CCCN(Cc1cc(C(=O)NCC)no1)C(=O)c1cccc([N+](=O)[O-])c1. The predicted octanol–water partition coefficient (Wildman–Crippen LogP) is 2.38. The predicted molar refractivity (Wildman–Crippen MR) is 92.6 cm³/mol. The van der Waals surface area contributed by atoms with E-state index in [2.05, 4.69) is 10.5 Å². The second-order valence-corrected chi connectivity index (χ2v) is 5.57. The summed E-state index contributed by atoms with van der Waals surface area (Å²) in [7, 11) is 0. The molecule has 0 unspecified atom stereocenters. The molecule has 1 heterocycles. The van der Waals surface area contributed by atoms with Gasteiger partial charge in [0.2, 0.25) is 0 Å². The maximum absolute atomic E-state index is 12.7. The fourth-order valence-corrected chi connectivity index (χ4v) is 2.39. The molecule has 0 radical (unpaired) electrons. The van der Waals surface area contributed by atoms with Gasteiger partial charge in [-0.15, -0.1) is 0 Å². The first kappa shape index (κ1) is 19.1. The van der Waals surface area contributed by atoms with Crippen LogP contribution in [0.25, 0.3) is 0 Å². The van der Waals surface area contributed by atoms with Crippen molar-refractivity contribution in [2.45, 2.75) is 26.8 Å². The maximum atomic E-state index is 12.7. The molecule has 1 N–H and O–H groups in total. The van der Waals surface area contributed by atoms with E-state index in [4.69, 9.17) is 4.52 Å². The van der Waals surface area contributed by atoms with Gasteiger partial charge in [-0.2, -0.15) is 0 Å². The Morgan fingerprint density at radius 3 is 2.73 bits per heavy atom. The standard InChI is InChI=1S/C17H20N4O5/c1-3-8-20(11-14-10-15(19-26-14)16(22)18-4-2)17(23)12-6-5-7-13(9-12)21(24)25/h5-7,9-10H,3-4,8,11H2,1-2H3,(H,18,22). The lowest BCUT2D eigenvalue weighted by atomic mass is 10.1. The summed E-state index contributed by atoms with van der Waals surface area (Å²) in [6.45, 7) is 4.71. The maximum Gasteiger partial charge on any atom is 0.273 e. The number of non-ortho nitro benzene ring substituents is 1. The summed E-state index contributed by atoms with van der Waals surface area (Å²) in [4.78, 5) is 36.3. The third-order valence-corrected chi connectivity index (χ3v) is 3.56. The summed E-state index contributed by atoms with van der Waals surface area (Å²) in [6, 6.07) is 7.05. The van der Waals surface area contributed by atoms with E-state index in [1.54, 1.807) is 6.92 Å². The molecule has 0 spiro atoms. The van der Waals surface area contributed by atoms with Crippen LogP contribution in [-0.2, 0) is 6.54 Å². The van der Waals surface area contributed by atoms with Gasteiger partial charge in [-0.25, -0.2) is 0 Å². The number of hydrogen-bond donors (Lipinski definition) is 1. The monoisotopic (exact) mass is 360 g/mol. The van der Waals surface area contributed by atoms with E-state index in [9.17, 15) is 19.7 Å². The summed E-state index contributed by atoms with van der Waals surface area (Å²) < 4.78 is 5.14. The van der Waals surface area contributed by atoms with Gasteiger partial charge < -0.3 is 14.7 Å². The number of amides is 2. The summed E-state index contributed by atoms with van der Waals surface area (Å²) in [5.41, 5.74) is 0.211. The zero-order chi connectivity index (χ0) is 19.1. The van der Waals surface area contributed by atoms with Crippen molar-refractivity contribution in [1.82, 2.24) is 15.4 Å². The molecule has 0 saturated heterocycles. The fourth-order valence-electron chi connectivity index (χ4n) is 2.39. The van der Waals surface area contributed by atoms with Crippen LogP contribution in [0.15, 0.2) is 34.9 Å². The topological polar surface area (TPSA) is 119 Å². The first-order chi connectivity index (χ1) is 12.5. The van der Waals surface area contributed by atoms with Crippen molar-refractivity contribution in [2.75, 3.05) is 13.1 Å². The Morgan fingerprint density at radius 1 is 1.31 bits per heavy atom. The highest BCUT2D eigenvalue weighted by molar-refractivity contribution is 5.95. The van der Waals surface area contributed by atoms with Crippen molar-refractivity contribution in [3.05, 3.63) is 57.5 Å². The van der Waals surface area contributed by atoms with Gasteiger partial charge in [0.15, 0.2) is 11.5 Å². The number of benzene rings is 1. The normalized spacial score (nSPS) is 10.4. The molecular weight excluding hydrogens is 340 g/mol. The van der Waals surface area contributed by atoms with Crippen LogP contribution in [0.3, 0.4) is 0 Å². The van der Waals surface area contributed by atoms with Gasteiger partial charge in [-0.05, 0) is 19.4 Å². The zero-order valence-corrected chi connectivity index (χ0v) is 14.6. The van der Waals surface area contributed by atoms with Gasteiger partial charge in [-0.3, -0.25) is 19.7 Å². The number of nitrogens with one attached hydrogen (secondary N) is 1. The molecule has 138 valence electrons. The van der Waals surface area contributed by atoms with E-state index in [-0.39, 0.29) is 35.3 Å². The molecule has 2 rings (SSSR count). The molecule has 0 fully saturated rings. The largest absolute Gasteiger partial charge is 0.359 e. The van der Waals surface area contributed by atoms with E-state index in [1.807, 2.05) is 6.92 Å². The molecule has 0 bridgehead atoms. The highest BCUT2D eigenvalue weighted by Gasteiger charge is 2.20. The van der Waals surface area contributed by atoms with Crippen molar-refractivity contribution < 1.29 is 19.0 Å². The van der Waals surface area contributed by atoms with Gasteiger partial charge in [0.05, 0.1) is 11.5 Å². The van der Waals surface area contributed by atoms with Gasteiger partial charge in [0, 0.05) is 36.9 Å². The minimum Gasteiger partial charge on any atom is -0.359 e. The number of rotatable bonds is 8. The number of carbonyl (C=O) groups is 2. The molecular formula is C17H20N4O5. The molecule has 9 nitrogen and oxygen atoms in total. The Kier molecular flexibility index (Phi) is 6.42. The highest BCUT2D eigenvalue weighted by atomic mass is 16.6. The number of hydrogen-bond acceptors (Lipinski definition) is 6. The van der Waals surface area contributed by atoms with E-state index < -0.39 is 4.92 Å². The lowest BCUT2D eigenvalue weighted by Crippen LogP contribution is -2.31. The van der Waals surface area contributed by atoms with Crippen LogP contribution in [0.2, 0.25) is 0 Å². The molecule has 0 atom stereocenters. The molecule has 1 aromatic heterocycles. The second kappa shape index (κ2) is 8.75. The number of nitrogens with zero attached hydrogens (tertiary/aromatic N) is 3. The van der Waals surface area contributed by atoms with Crippen LogP contribution in [0, 0.1) is 10.1 Å². The van der Waals surface area contributed by atoms with E-state index in [0.29, 0.717) is 25.3 Å². The van der Waals surface area contributed by atoms with Crippen molar-refractivity contribution in [1.29, 1.82) is 0 Å². The molecule has 0 aliphatic heterocycles. The smallest absolute Gasteiger partial charge is 0.273 e. The lowest BCUT2D eigenvalue weighted by molar-refractivity contribution is -0.384. The average Bonchev–Trinajstić information content (AvgIpc) is 3.10. The minimum absolute atomic E-state index is 0.113. The highest BCUT2D eigenvalue weighted by Crippen LogP contribution is 2.17. The molecule has 0 aliphatic carbocycles. The summed E-state index contributed by atoms with van der Waals surface area (Å²) in [5, 5.41) is 17.2. The van der Waals surface area contributed by atoms with Gasteiger partial charge in [0.1, 0.15) is 0 Å². The van der Waals surface area contributed by atoms with Crippen molar-refractivity contribution >= 4 is 17.5 Å². The Bertz CT molecular complexity index is 802. The third-order valence-electron chi connectivity index (χ3n) is 3.56. The first-order valence-electron chi connectivity index (χ1n) is 8.23. The Balaban J connectivity index is 2.18. The molecule has 0 saturated carbocycles.